The SMILES string of the molecule is CCNC1CC(Oc2cccc(C(F)(F)F)c2)C1(C)C. The maximum Gasteiger partial charge on any atom is 0.416 e. The fraction of sp³-hybridized carbons (Fsp3) is 0.600. The van der Waals surface area contributed by atoms with Crippen LogP contribution in [0.3, 0.4) is 0 Å². The molecule has 1 aromatic carbocycles. The normalized spacial score (nSPS) is 25.1. The lowest BCUT2D eigenvalue weighted by molar-refractivity contribution is -0.137. The number of nitrogens with one attached hydrogen (secondary N) is 1. The Bertz CT molecular complexity index is 470. The van der Waals surface area contributed by atoms with Crippen LogP contribution in [0.4, 0.5) is 13.2 Å². The van der Waals surface area contributed by atoms with Crippen LogP contribution < -0.4 is 10.1 Å². The van der Waals surface area contributed by atoms with Gasteiger partial charge in [-0.1, -0.05) is 26.8 Å². The molecule has 0 aromatic heterocycles. The Hall–Kier alpha value is -1.23. The van der Waals surface area contributed by atoms with E-state index in [0.717, 1.165) is 25.1 Å². The van der Waals surface area contributed by atoms with Crippen LogP contribution in [0.15, 0.2) is 24.3 Å². The highest BCUT2D eigenvalue weighted by atomic mass is 19.4. The monoisotopic (exact) mass is 287 g/mol. The van der Waals surface area contributed by atoms with Gasteiger partial charge in [-0.15, -0.1) is 0 Å². The van der Waals surface area contributed by atoms with E-state index < -0.39 is 11.7 Å². The molecule has 1 N–H and O–H groups in total. The highest BCUT2D eigenvalue weighted by molar-refractivity contribution is 5.31. The lowest BCUT2D eigenvalue weighted by Gasteiger charge is -2.51. The molecule has 2 unspecified atom stereocenters. The summed E-state index contributed by atoms with van der Waals surface area (Å²) in [5, 5.41) is 3.36. The lowest BCUT2D eigenvalue weighted by Crippen LogP contribution is -2.62. The van der Waals surface area contributed by atoms with Crippen molar-refractivity contribution in [3.63, 3.8) is 0 Å². The molecule has 2 rings (SSSR count). The average Bonchev–Trinajstić information content (AvgIpc) is 2.37. The Labute approximate surface area is 117 Å². The van der Waals surface area contributed by atoms with Crippen molar-refractivity contribution in [1.29, 1.82) is 0 Å². The summed E-state index contributed by atoms with van der Waals surface area (Å²) in [6.45, 7) is 7.06. The summed E-state index contributed by atoms with van der Waals surface area (Å²) in [7, 11) is 0. The van der Waals surface area contributed by atoms with Crippen LogP contribution in [0.25, 0.3) is 0 Å². The second-order valence-corrected chi connectivity index (χ2v) is 5.80. The molecule has 0 radical (unpaired) electrons. The summed E-state index contributed by atoms with van der Waals surface area (Å²) in [6.07, 6.45) is -3.58. The molecule has 20 heavy (non-hydrogen) atoms. The van der Waals surface area contributed by atoms with Crippen LogP contribution in [-0.2, 0) is 6.18 Å². The Morgan fingerprint density at radius 3 is 2.60 bits per heavy atom. The van der Waals surface area contributed by atoms with Gasteiger partial charge in [0, 0.05) is 17.9 Å². The van der Waals surface area contributed by atoms with Crippen molar-refractivity contribution in [1.82, 2.24) is 5.32 Å². The molecule has 0 aliphatic heterocycles. The van der Waals surface area contributed by atoms with E-state index in [1.54, 1.807) is 6.07 Å². The standard InChI is InChI=1S/C15H20F3NO/c1-4-19-12-9-13(14(12,2)3)20-11-7-5-6-10(8-11)15(16,17)18/h5-8,12-13,19H,4,9H2,1-3H3. The van der Waals surface area contributed by atoms with E-state index in [2.05, 4.69) is 19.2 Å². The van der Waals surface area contributed by atoms with Gasteiger partial charge < -0.3 is 10.1 Å². The smallest absolute Gasteiger partial charge is 0.416 e. The number of hydrogen-bond acceptors (Lipinski definition) is 2. The van der Waals surface area contributed by atoms with Crippen molar-refractivity contribution >= 4 is 0 Å². The fourth-order valence-electron chi connectivity index (χ4n) is 2.59. The van der Waals surface area contributed by atoms with Gasteiger partial charge in [0.25, 0.3) is 0 Å². The third kappa shape index (κ3) is 2.92. The van der Waals surface area contributed by atoms with Crippen LogP contribution in [0.2, 0.25) is 0 Å². The molecule has 2 nitrogen and oxygen atoms in total. The predicted molar refractivity (Wildman–Crippen MR) is 71.7 cm³/mol. The zero-order chi connectivity index (χ0) is 15.0. The number of alkyl halides is 3. The second kappa shape index (κ2) is 5.28. The molecule has 1 saturated carbocycles. The molecule has 112 valence electrons. The Morgan fingerprint density at radius 1 is 1.35 bits per heavy atom. The summed E-state index contributed by atoms with van der Waals surface area (Å²) in [6, 6.07) is 5.43. The summed E-state index contributed by atoms with van der Waals surface area (Å²) < 4.78 is 43.7. The zero-order valence-corrected chi connectivity index (χ0v) is 11.9. The van der Waals surface area contributed by atoms with Gasteiger partial charge in [0.1, 0.15) is 11.9 Å². The van der Waals surface area contributed by atoms with E-state index in [4.69, 9.17) is 4.74 Å². The maximum absolute atomic E-state index is 12.7. The van der Waals surface area contributed by atoms with Gasteiger partial charge in [0.05, 0.1) is 5.56 Å². The van der Waals surface area contributed by atoms with Gasteiger partial charge >= 0.3 is 6.18 Å². The first-order chi connectivity index (χ1) is 9.25. The van der Waals surface area contributed by atoms with E-state index in [1.165, 1.54) is 6.07 Å². The summed E-state index contributed by atoms with van der Waals surface area (Å²) in [5.74, 6) is 0.285. The van der Waals surface area contributed by atoms with Crippen molar-refractivity contribution < 1.29 is 17.9 Å². The fourth-order valence-corrected chi connectivity index (χ4v) is 2.59. The van der Waals surface area contributed by atoms with Crippen LogP contribution in [0.1, 0.15) is 32.8 Å². The molecule has 2 atom stereocenters. The molecule has 1 aliphatic carbocycles. The Balaban J connectivity index is 2.05. The molecule has 0 spiro atoms. The number of ether oxygens (including phenoxy) is 1. The van der Waals surface area contributed by atoms with Crippen LogP contribution in [0, 0.1) is 5.41 Å². The molecule has 0 amide bonds. The van der Waals surface area contributed by atoms with Gasteiger partial charge in [-0.25, -0.2) is 0 Å². The van der Waals surface area contributed by atoms with Crippen LogP contribution >= 0.6 is 0 Å². The van der Waals surface area contributed by atoms with Crippen molar-refractivity contribution in [3.8, 4) is 5.75 Å². The molecule has 5 heteroatoms. The number of hydrogen-bond donors (Lipinski definition) is 1. The topological polar surface area (TPSA) is 21.3 Å². The Kier molecular flexibility index (Phi) is 4.00. The molecule has 0 heterocycles. The van der Waals surface area contributed by atoms with Gasteiger partial charge in [-0.3, -0.25) is 0 Å². The molecule has 1 aliphatic rings. The maximum atomic E-state index is 12.7. The molecule has 0 saturated heterocycles. The van der Waals surface area contributed by atoms with E-state index in [1.807, 2.05) is 6.92 Å². The quantitative estimate of drug-likeness (QED) is 0.908. The first kappa shape index (κ1) is 15.2. The summed E-state index contributed by atoms with van der Waals surface area (Å²) in [5.41, 5.74) is -0.750. The van der Waals surface area contributed by atoms with E-state index in [9.17, 15) is 13.2 Å². The number of benzene rings is 1. The third-order valence-corrected chi connectivity index (χ3v) is 4.07. The number of halogens is 3. The highest BCUT2D eigenvalue weighted by Gasteiger charge is 2.49. The van der Waals surface area contributed by atoms with Gasteiger partial charge in [-0.05, 0) is 24.7 Å². The summed E-state index contributed by atoms with van der Waals surface area (Å²) in [4.78, 5) is 0. The van der Waals surface area contributed by atoms with Crippen molar-refractivity contribution in [2.75, 3.05) is 6.54 Å². The minimum Gasteiger partial charge on any atom is -0.490 e. The largest absolute Gasteiger partial charge is 0.490 e. The van der Waals surface area contributed by atoms with Crippen molar-refractivity contribution in [2.45, 2.75) is 45.5 Å². The molecular weight excluding hydrogens is 267 g/mol. The predicted octanol–water partition coefficient (Wildman–Crippen LogP) is 3.86. The first-order valence-electron chi connectivity index (χ1n) is 6.82. The van der Waals surface area contributed by atoms with E-state index in [-0.39, 0.29) is 17.3 Å². The van der Waals surface area contributed by atoms with Gasteiger partial charge in [0.2, 0.25) is 0 Å². The average molecular weight is 287 g/mol. The minimum absolute atomic E-state index is 0.0602. The van der Waals surface area contributed by atoms with Gasteiger partial charge in [-0.2, -0.15) is 13.2 Å². The minimum atomic E-state index is -4.33. The van der Waals surface area contributed by atoms with Crippen LogP contribution in [-0.4, -0.2) is 18.7 Å². The zero-order valence-electron chi connectivity index (χ0n) is 11.9. The number of rotatable bonds is 4. The van der Waals surface area contributed by atoms with Crippen molar-refractivity contribution in [2.24, 2.45) is 5.41 Å². The second-order valence-electron chi connectivity index (χ2n) is 5.80. The van der Waals surface area contributed by atoms with E-state index >= 15 is 0 Å². The third-order valence-electron chi connectivity index (χ3n) is 4.07. The summed E-state index contributed by atoms with van der Waals surface area (Å²) >= 11 is 0. The van der Waals surface area contributed by atoms with Gasteiger partial charge in [0.15, 0.2) is 0 Å². The molecular formula is C15H20F3NO. The molecule has 0 bridgehead atoms. The highest BCUT2D eigenvalue weighted by Crippen LogP contribution is 2.43. The molecule has 1 fully saturated rings. The molecule has 1 aromatic rings. The Morgan fingerprint density at radius 2 is 2.05 bits per heavy atom. The van der Waals surface area contributed by atoms with Crippen molar-refractivity contribution in [3.05, 3.63) is 29.8 Å². The lowest BCUT2D eigenvalue weighted by atomic mass is 9.64. The van der Waals surface area contributed by atoms with E-state index in [0.29, 0.717) is 6.04 Å². The first-order valence-corrected chi connectivity index (χ1v) is 6.82. The van der Waals surface area contributed by atoms with Crippen LogP contribution in [0.5, 0.6) is 5.75 Å².